The largest absolute Gasteiger partial charge is 0.486 e. The zero-order valence-electron chi connectivity index (χ0n) is 20.3. The fourth-order valence-corrected chi connectivity index (χ4v) is 5.45. The molecule has 1 aromatic carbocycles. The van der Waals surface area contributed by atoms with E-state index in [0.29, 0.717) is 73.3 Å². The number of aryl methyl sites for hydroxylation is 1. The Balaban J connectivity index is 1.19. The van der Waals surface area contributed by atoms with Gasteiger partial charge in [0.1, 0.15) is 24.6 Å². The van der Waals surface area contributed by atoms with Crippen molar-refractivity contribution < 1.29 is 19.0 Å². The molecule has 192 valence electrons. The first-order valence-electron chi connectivity index (χ1n) is 12.5. The van der Waals surface area contributed by atoms with Crippen LogP contribution >= 0.6 is 0 Å². The highest BCUT2D eigenvalue weighted by molar-refractivity contribution is 5.84. The number of pyridine rings is 1. The molecule has 2 saturated heterocycles. The maximum atomic E-state index is 14.4. The first-order valence-corrected chi connectivity index (χ1v) is 12.5. The number of benzene rings is 1. The van der Waals surface area contributed by atoms with Crippen LogP contribution in [0.3, 0.4) is 0 Å². The van der Waals surface area contributed by atoms with Gasteiger partial charge >= 0.3 is 0 Å². The Hall–Kier alpha value is -3.14. The number of β-amino-alcohol motifs (C(OH)–C–C–N with tert-alkyl or cyclic N) is 1. The van der Waals surface area contributed by atoms with Gasteiger partial charge in [0.25, 0.3) is 5.56 Å². The number of halogens is 1. The number of piperidine rings is 1. The molecule has 9 heteroatoms. The number of nitrogens with two attached hydrogens (primary N) is 1. The van der Waals surface area contributed by atoms with Crippen LogP contribution in [0, 0.1) is 5.82 Å². The fraction of sp³-hybridized carbons (Fsp3) is 0.444. The molecule has 3 aliphatic rings. The van der Waals surface area contributed by atoms with Crippen LogP contribution < -0.4 is 16.6 Å². The average Bonchev–Trinajstić information content (AvgIpc) is 2.88. The lowest BCUT2D eigenvalue weighted by atomic mass is 9.84. The summed E-state index contributed by atoms with van der Waals surface area (Å²) in [6, 6.07) is 6.26. The van der Waals surface area contributed by atoms with Gasteiger partial charge in [0.2, 0.25) is 0 Å². The quantitative estimate of drug-likeness (QED) is 0.563. The third-order valence-corrected chi connectivity index (χ3v) is 7.36. The second-order valence-corrected chi connectivity index (χ2v) is 9.79. The molecule has 4 N–H and O–H groups in total. The van der Waals surface area contributed by atoms with Crippen LogP contribution in [0.1, 0.15) is 24.8 Å². The predicted octanol–water partition coefficient (Wildman–Crippen LogP) is 2.07. The van der Waals surface area contributed by atoms with Gasteiger partial charge in [-0.25, -0.2) is 4.39 Å². The molecule has 0 amide bonds. The first kappa shape index (κ1) is 24.5. The van der Waals surface area contributed by atoms with Gasteiger partial charge in [-0.1, -0.05) is 12.6 Å². The standard InChI is InChI=1S/C27H33FN4O4/c1-18(14-23-24(15-29)36-13-12-35-23)16-30-19-6-9-31(10-7-19)17-27(34)8-11-32-25(33)5-2-20-22(28)4-3-21(27)26(20)32/h2-5,14-15,19,30,34H,1,6-13,16-17,29H2/b23-14+,24-15+. The molecule has 1 unspecified atom stereocenters. The van der Waals surface area contributed by atoms with Gasteiger partial charge in [-0.05, 0) is 56.1 Å². The van der Waals surface area contributed by atoms with E-state index in [-0.39, 0.29) is 11.4 Å². The first-order chi connectivity index (χ1) is 17.4. The number of nitrogens with zero attached hydrogens (tertiary/aromatic N) is 2. The number of rotatable bonds is 6. The van der Waals surface area contributed by atoms with E-state index in [1.54, 1.807) is 10.6 Å². The van der Waals surface area contributed by atoms with Crippen LogP contribution in [0.2, 0.25) is 0 Å². The SMILES string of the molecule is C=C(/C=C1/OCCO/C1=C/N)CNC1CCN(CC2(O)CCn3c(=O)ccc4c(F)ccc2c43)CC1. The summed E-state index contributed by atoms with van der Waals surface area (Å²) in [6.45, 7) is 8.19. The summed E-state index contributed by atoms with van der Waals surface area (Å²) in [4.78, 5) is 14.6. The maximum Gasteiger partial charge on any atom is 0.251 e. The van der Waals surface area contributed by atoms with Crippen molar-refractivity contribution in [3.8, 4) is 0 Å². The van der Waals surface area contributed by atoms with E-state index in [1.165, 1.54) is 24.4 Å². The minimum absolute atomic E-state index is 0.168. The summed E-state index contributed by atoms with van der Waals surface area (Å²) in [5.74, 6) is 0.751. The molecule has 0 spiro atoms. The number of hydrogen-bond donors (Lipinski definition) is 3. The highest BCUT2D eigenvalue weighted by atomic mass is 19.1. The molecule has 0 aliphatic carbocycles. The van der Waals surface area contributed by atoms with Gasteiger partial charge in [0, 0.05) is 48.9 Å². The Morgan fingerprint density at radius 3 is 2.69 bits per heavy atom. The van der Waals surface area contributed by atoms with E-state index in [9.17, 15) is 14.3 Å². The number of likely N-dealkylation sites (tertiary alicyclic amines) is 1. The summed E-state index contributed by atoms with van der Waals surface area (Å²) in [5.41, 5.74) is 6.33. The maximum absolute atomic E-state index is 14.4. The molecule has 5 rings (SSSR count). The Morgan fingerprint density at radius 2 is 1.94 bits per heavy atom. The molecule has 36 heavy (non-hydrogen) atoms. The van der Waals surface area contributed by atoms with Gasteiger partial charge < -0.3 is 35.1 Å². The van der Waals surface area contributed by atoms with E-state index >= 15 is 0 Å². The zero-order chi connectivity index (χ0) is 25.3. The van der Waals surface area contributed by atoms with Crippen molar-refractivity contribution >= 4 is 10.9 Å². The third-order valence-electron chi connectivity index (χ3n) is 7.36. The highest BCUT2D eigenvalue weighted by Crippen LogP contribution is 2.37. The Labute approximate surface area is 209 Å². The van der Waals surface area contributed by atoms with Gasteiger partial charge in [-0.2, -0.15) is 0 Å². The van der Waals surface area contributed by atoms with Gasteiger partial charge in [0.15, 0.2) is 11.5 Å². The minimum Gasteiger partial charge on any atom is -0.486 e. The lowest BCUT2D eigenvalue weighted by molar-refractivity contribution is -0.0209. The monoisotopic (exact) mass is 496 g/mol. The highest BCUT2D eigenvalue weighted by Gasteiger charge is 2.38. The van der Waals surface area contributed by atoms with Crippen molar-refractivity contribution in [2.75, 3.05) is 39.4 Å². The van der Waals surface area contributed by atoms with Gasteiger partial charge in [-0.3, -0.25) is 4.79 Å². The van der Waals surface area contributed by atoms with E-state index in [4.69, 9.17) is 15.2 Å². The lowest BCUT2D eigenvalue weighted by Gasteiger charge is -2.41. The molecule has 1 atom stereocenters. The minimum atomic E-state index is -1.13. The number of ether oxygens (including phenoxy) is 2. The molecular weight excluding hydrogens is 463 g/mol. The van der Waals surface area contributed by atoms with Crippen molar-refractivity contribution in [3.05, 3.63) is 81.9 Å². The van der Waals surface area contributed by atoms with Crippen LogP contribution in [0.5, 0.6) is 0 Å². The smallest absolute Gasteiger partial charge is 0.251 e. The summed E-state index contributed by atoms with van der Waals surface area (Å²) in [7, 11) is 0. The molecule has 2 fully saturated rings. The Kier molecular flexibility index (Phi) is 6.87. The van der Waals surface area contributed by atoms with Crippen LogP contribution in [-0.4, -0.2) is 60.0 Å². The molecule has 2 aromatic rings. The van der Waals surface area contributed by atoms with Crippen LogP contribution in [0.15, 0.2) is 65.0 Å². The number of aromatic nitrogens is 1. The van der Waals surface area contributed by atoms with Crippen molar-refractivity contribution in [2.45, 2.75) is 37.5 Å². The topological polar surface area (TPSA) is 102 Å². The summed E-state index contributed by atoms with van der Waals surface area (Å²) >= 11 is 0. The third kappa shape index (κ3) is 4.78. The van der Waals surface area contributed by atoms with Crippen molar-refractivity contribution in [1.82, 2.24) is 14.8 Å². The summed E-state index contributed by atoms with van der Waals surface area (Å²) in [6.07, 6.45) is 5.54. The second kappa shape index (κ2) is 10.1. The Morgan fingerprint density at radius 1 is 1.19 bits per heavy atom. The fourth-order valence-electron chi connectivity index (χ4n) is 5.45. The zero-order valence-corrected chi connectivity index (χ0v) is 20.3. The van der Waals surface area contributed by atoms with E-state index < -0.39 is 5.60 Å². The molecule has 0 saturated carbocycles. The second-order valence-electron chi connectivity index (χ2n) is 9.79. The lowest BCUT2D eigenvalue weighted by Crippen LogP contribution is -2.49. The molecule has 4 heterocycles. The van der Waals surface area contributed by atoms with E-state index in [1.807, 2.05) is 6.08 Å². The van der Waals surface area contributed by atoms with Crippen LogP contribution in [-0.2, 0) is 21.6 Å². The van der Waals surface area contributed by atoms with Gasteiger partial charge in [-0.15, -0.1) is 0 Å². The van der Waals surface area contributed by atoms with E-state index in [0.717, 1.165) is 31.5 Å². The molecular formula is C27H33FN4O4. The molecule has 3 aliphatic heterocycles. The summed E-state index contributed by atoms with van der Waals surface area (Å²) in [5, 5.41) is 15.6. The molecule has 0 bridgehead atoms. The van der Waals surface area contributed by atoms with Crippen LogP contribution in [0.4, 0.5) is 4.39 Å². The van der Waals surface area contributed by atoms with Crippen molar-refractivity contribution in [1.29, 1.82) is 0 Å². The Bertz CT molecular complexity index is 1280. The average molecular weight is 497 g/mol. The number of hydrogen-bond acceptors (Lipinski definition) is 7. The summed E-state index contributed by atoms with van der Waals surface area (Å²) < 4.78 is 27.1. The van der Waals surface area contributed by atoms with Crippen molar-refractivity contribution in [3.63, 3.8) is 0 Å². The van der Waals surface area contributed by atoms with Crippen molar-refractivity contribution in [2.24, 2.45) is 5.73 Å². The predicted molar refractivity (Wildman–Crippen MR) is 136 cm³/mol. The molecule has 0 radical (unpaired) electrons. The number of nitrogens with one attached hydrogen (secondary N) is 1. The number of aliphatic hydroxyl groups is 1. The van der Waals surface area contributed by atoms with Crippen LogP contribution in [0.25, 0.3) is 10.9 Å². The van der Waals surface area contributed by atoms with E-state index in [2.05, 4.69) is 16.8 Å². The van der Waals surface area contributed by atoms with Gasteiger partial charge in [0.05, 0.1) is 5.52 Å². The normalized spacial score (nSPS) is 25.2. The molecule has 8 nitrogen and oxygen atoms in total. The molecule has 1 aromatic heterocycles.